The molecular weight excluding hydrogens is 232 g/mol. The molecule has 1 unspecified atom stereocenters. The van der Waals surface area contributed by atoms with Gasteiger partial charge in [0, 0.05) is 23.9 Å². The predicted octanol–water partition coefficient (Wildman–Crippen LogP) is 3.37. The maximum atomic E-state index is 10.8. The summed E-state index contributed by atoms with van der Waals surface area (Å²) in [5.74, 6) is 0.504. The van der Waals surface area contributed by atoms with E-state index in [2.05, 4.69) is 11.9 Å². The number of non-ortho nitro benzene ring substituents is 1. The van der Waals surface area contributed by atoms with Crippen LogP contribution >= 0.6 is 0 Å². The fraction of sp³-hybridized carbons (Fsp3) is 0.385. The summed E-state index contributed by atoms with van der Waals surface area (Å²) in [6.45, 7) is 8.10. The molecule has 5 nitrogen and oxygen atoms in total. The van der Waals surface area contributed by atoms with Crippen LogP contribution in [0.2, 0.25) is 0 Å². The van der Waals surface area contributed by atoms with Crippen LogP contribution in [0.5, 0.6) is 5.75 Å². The van der Waals surface area contributed by atoms with Crippen LogP contribution < -0.4 is 10.1 Å². The van der Waals surface area contributed by atoms with E-state index in [1.165, 1.54) is 12.1 Å². The van der Waals surface area contributed by atoms with Crippen LogP contribution in [0.4, 0.5) is 11.4 Å². The van der Waals surface area contributed by atoms with Gasteiger partial charge in [0.2, 0.25) is 0 Å². The summed E-state index contributed by atoms with van der Waals surface area (Å²) in [7, 11) is 0. The van der Waals surface area contributed by atoms with Crippen molar-refractivity contribution in [2.45, 2.75) is 26.3 Å². The van der Waals surface area contributed by atoms with E-state index in [9.17, 15) is 10.1 Å². The van der Waals surface area contributed by atoms with Crippen molar-refractivity contribution in [3.05, 3.63) is 41.0 Å². The van der Waals surface area contributed by atoms with Gasteiger partial charge in [-0.2, -0.15) is 0 Å². The Balaban J connectivity index is 2.97. The number of nitro groups is 1. The van der Waals surface area contributed by atoms with Crippen LogP contribution in [0, 0.1) is 10.1 Å². The Bertz CT molecular complexity index is 432. The van der Waals surface area contributed by atoms with Gasteiger partial charge >= 0.3 is 0 Å². The highest BCUT2D eigenvalue weighted by Crippen LogP contribution is 2.26. The summed E-state index contributed by atoms with van der Waals surface area (Å²) in [5.41, 5.74) is 0.671. The Morgan fingerprint density at radius 2 is 2.28 bits per heavy atom. The molecule has 0 saturated heterocycles. The summed E-state index contributed by atoms with van der Waals surface area (Å²) in [4.78, 5) is 10.4. The molecule has 98 valence electrons. The van der Waals surface area contributed by atoms with Crippen LogP contribution in [0.3, 0.4) is 0 Å². The SMILES string of the molecule is C=CC(C)Nc1cc(OCCC)cc([N+](=O)[O-])c1. The molecule has 1 atom stereocenters. The lowest BCUT2D eigenvalue weighted by molar-refractivity contribution is -0.384. The molecule has 0 spiro atoms. The van der Waals surface area contributed by atoms with Crippen molar-refractivity contribution in [3.8, 4) is 5.75 Å². The van der Waals surface area contributed by atoms with E-state index < -0.39 is 4.92 Å². The van der Waals surface area contributed by atoms with Gasteiger partial charge in [0.15, 0.2) is 0 Å². The molecule has 5 heteroatoms. The van der Waals surface area contributed by atoms with Crippen molar-refractivity contribution >= 4 is 11.4 Å². The number of rotatable bonds is 7. The van der Waals surface area contributed by atoms with E-state index >= 15 is 0 Å². The van der Waals surface area contributed by atoms with Gasteiger partial charge in [-0.1, -0.05) is 13.0 Å². The van der Waals surface area contributed by atoms with E-state index in [1.54, 1.807) is 12.1 Å². The molecule has 0 aliphatic carbocycles. The molecule has 0 amide bonds. The summed E-state index contributed by atoms with van der Waals surface area (Å²) < 4.78 is 5.43. The third kappa shape index (κ3) is 4.08. The van der Waals surface area contributed by atoms with Gasteiger partial charge in [-0.15, -0.1) is 6.58 Å². The van der Waals surface area contributed by atoms with Crippen LogP contribution in [0.1, 0.15) is 20.3 Å². The molecule has 1 rings (SSSR count). The third-order valence-corrected chi connectivity index (χ3v) is 2.32. The molecular formula is C13H18N2O3. The van der Waals surface area contributed by atoms with Gasteiger partial charge in [0.25, 0.3) is 5.69 Å². The first kappa shape index (κ1) is 14.0. The molecule has 0 heterocycles. The number of hydrogen-bond donors (Lipinski definition) is 1. The minimum atomic E-state index is -0.428. The smallest absolute Gasteiger partial charge is 0.275 e. The topological polar surface area (TPSA) is 64.4 Å². The number of ether oxygens (including phenoxy) is 1. The first-order valence-corrected chi connectivity index (χ1v) is 5.88. The molecule has 0 fully saturated rings. The zero-order valence-electron chi connectivity index (χ0n) is 10.7. The number of nitrogens with zero attached hydrogens (tertiary/aromatic N) is 1. The maximum Gasteiger partial charge on any atom is 0.275 e. The van der Waals surface area contributed by atoms with Crippen LogP contribution in [-0.2, 0) is 0 Å². The first-order chi connectivity index (χ1) is 8.56. The van der Waals surface area contributed by atoms with Crippen molar-refractivity contribution in [1.29, 1.82) is 0 Å². The highest BCUT2D eigenvalue weighted by molar-refractivity contribution is 5.57. The van der Waals surface area contributed by atoms with Crippen molar-refractivity contribution in [3.63, 3.8) is 0 Å². The summed E-state index contributed by atoms with van der Waals surface area (Å²) in [6, 6.07) is 4.70. The number of nitrogens with one attached hydrogen (secondary N) is 1. The molecule has 1 N–H and O–H groups in total. The number of hydrogen-bond acceptors (Lipinski definition) is 4. The third-order valence-electron chi connectivity index (χ3n) is 2.32. The molecule has 1 aromatic carbocycles. The standard InChI is InChI=1S/C13H18N2O3/c1-4-6-18-13-8-11(14-10(3)5-2)7-12(9-13)15(16)17/h5,7-10,14H,2,4,6H2,1,3H3. The zero-order valence-corrected chi connectivity index (χ0v) is 10.7. The van der Waals surface area contributed by atoms with Gasteiger partial charge in [-0.3, -0.25) is 10.1 Å². The number of benzene rings is 1. The minimum absolute atomic E-state index is 0.0161. The van der Waals surface area contributed by atoms with E-state index in [4.69, 9.17) is 4.74 Å². The number of nitro benzene ring substituents is 1. The largest absolute Gasteiger partial charge is 0.493 e. The Labute approximate surface area is 107 Å². The van der Waals surface area contributed by atoms with E-state index in [1.807, 2.05) is 13.8 Å². The van der Waals surface area contributed by atoms with Crippen LogP contribution in [-0.4, -0.2) is 17.6 Å². The highest BCUT2D eigenvalue weighted by atomic mass is 16.6. The fourth-order valence-electron chi connectivity index (χ4n) is 1.40. The van der Waals surface area contributed by atoms with Crippen molar-refractivity contribution in [1.82, 2.24) is 0 Å². The maximum absolute atomic E-state index is 10.8. The molecule has 0 aromatic heterocycles. The summed E-state index contributed by atoms with van der Waals surface area (Å²) in [5, 5.41) is 13.9. The summed E-state index contributed by atoms with van der Waals surface area (Å²) >= 11 is 0. The molecule has 0 saturated carbocycles. The van der Waals surface area contributed by atoms with Gasteiger partial charge in [-0.05, 0) is 13.3 Å². The zero-order chi connectivity index (χ0) is 13.5. The van der Waals surface area contributed by atoms with E-state index in [-0.39, 0.29) is 11.7 Å². The average Bonchev–Trinajstić information content (AvgIpc) is 2.35. The Morgan fingerprint density at radius 3 is 2.83 bits per heavy atom. The quantitative estimate of drug-likeness (QED) is 0.458. The molecule has 0 radical (unpaired) electrons. The van der Waals surface area contributed by atoms with Crippen molar-refractivity contribution in [2.24, 2.45) is 0 Å². The monoisotopic (exact) mass is 250 g/mol. The normalized spacial score (nSPS) is 11.7. The Kier molecular flexibility index (Phi) is 5.17. The molecule has 0 aliphatic heterocycles. The van der Waals surface area contributed by atoms with Gasteiger partial charge in [-0.25, -0.2) is 0 Å². The lowest BCUT2D eigenvalue weighted by Gasteiger charge is -2.12. The molecule has 0 aliphatic rings. The van der Waals surface area contributed by atoms with Crippen LogP contribution in [0.15, 0.2) is 30.9 Å². The van der Waals surface area contributed by atoms with E-state index in [0.717, 1.165) is 6.42 Å². The number of anilines is 1. The lowest BCUT2D eigenvalue weighted by Crippen LogP contribution is -2.11. The predicted molar refractivity (Wildman–Crippen MR) is 72.2 cm³/mol. The molecule has 0 bridgehead atoms. The van der Waals surface area contributed by atoms with Crippen molar-refractivity contribution < 1.29 is 9.66 Å². The summed E-state index contributed by atoms with van der Waals surface area (Å²) in [6.07, 6.45) is 2.58. The van der Waals surface area contributed by atoms with Crippen LogP contribution in [0.25, 0.3) is 0 Å². The second-order valence-electron chi connectivity index (χ2n) is 3.99. The Hall–Kier alpha value is -2.04. The van der Waals surface area contributed by atoms with Gasteiger partial charge in [0.05, 0.1) is 17.6 Å². The minimum Gasteiger partial charge on any atom is -0.493 e. The second kappa shape index (κ2) is 6.64. The fourth-order valence-corrected chi connectivity index (χ4v) is 1.40. The molecule has 18 heavy (non-hydrogen) atoms. The van der Waals surface area contributed by atoms with Crippen molar-refractivity contribution in [2.75, 3.05) is 11.9 Å². The second-order valence-corrected chi connectivity index (χ2v) is 3.99. The van der Waals surface area contributed by atoms with E-state index in [0.29, 0.717) is 18.0 Å². The van der Waals surface area contributed by atoms with Gasteiger partial charge < -0.3 is 10.1 Å². The lowest BCUT2D eigenvalue weighted by atomic mass is 10.2. The average molecular weight is 250 g/mol. The Morgan fingerprint density at radius 1 is 1.56 bits per heavy atom. The molecule has 1 aromatic rings. The van der Waals surface area contributed by atoms with Gasteiger partial charge in [0.1, 0.15) is 5.75 Å². The highest BCUT2D eigenvalue weighted by Gasteiger charge is 2.11. The first-order valence-electron chi connectivity index (χ1n) is 5.88.